The average Bonchev–Trinajstić information content (AvgIpc) is 3.05. The lowest BCUT2D eigenvalue weighted by Crippen LogP contribution is -2.16. The Kier molecular flexibility index (Phi) is 3.85. The standard InChI is InChI=1S/C16H20N2S/c1-18-8-5-15-10-14(2-3-16(15)18)11-17-7-4-13-6-9-19-12-13/h2-3,6,9-10,12,17H,4-5,7-8,11H2,1H3. The van der Waals surface area contributed by atoms with Gasteiger partial charge in [0.1, 0.15) is 0 Å². The number of anilines is 1. The van der Waals surface area contributed by atoms with E-state index in [1.54, 1.807) is 11.3 Å². The van der Waals surface area contributed by atoms with Crippen molar-refractivity contribution >= 4 is 17.0 Å². The molecule has 0 fully saturated rings. The normalized spacial score (nSPS) is 13.8. The molecule has 0 spiro atoms. The van der Waals surface area contributed by atoms with Gasteiger partial charge in [0.05, 0.1) is 0 Å². The Morgan fingerprint density at radius 3 is 3.05 bits per heavy atom. The molecule has 1 aromatic carbocycles. The van der Waals surface area contributed by atoms with Gasteiger partial charge in [-0.2, -0.15) is 11.3 Å². The number of nitrogens with zero attached hydrogens (tertiary/aromatic N) is 1. The molecule has 2 nitrogen and oxygen atoms in total. The van der Waals surface area contributed by atoms with Crippen LogP contribution in [0.25, 0.3) is 0 Å². The lowest BCUT2D eigenvalue weighted by Gasteiger charge is -2.12. The van der Waals surface area contributed by atoms with E-state index in [-0.39, 0.29) is 0 Å². The molecule has 1 aliphatic heterocycles. The second-order valence-electron chi connectivity index (χ2n) is 5.19. The number of likely N-dealkylation sites (N-methyl/N-ethyl adjacent to an activating group) is 1. The van der Waals surface area contributed by atoms with Crippen LogP contribution in [0.15, 0.2) is 35.0 Å². The van der Waals surface area contributed by atoms with Crippen molar-refractivity contribution in [3.63, 3.8) is 0 Å². The highest BCUT2D eigenvalue weighted by Crippen LogP contribution is 2.27. The number of hydrogen-bond donors (Lipinski definition) is 1. The minimum atomic E-state index is 0.973. The van der Waals surface area contributed by atoms with Gasteiger partial charge in [-0.15, -0.1) is 0 Å². The van der Waals surface area contributed by atoms with Crippen molar-refractivity contribution in [1.82, 2.24) is 5.32 Å². The molecule has 0 amide bonds. The first-order valence-corrected chi connectivity index (χ1v) is 7.82. The lowest BCUT2D eigenvalue weighted by molar-refractivity contribution is 0.687. The highest BCUT2D eigenvalue weighted by molar-refractivity contribution is 7.07. The number of fused-ring (bicyclic) bond motifs is 1. The van der Waals surface area contributed by atoms with E-state index in [0.717, 1.165) is 26.1 Å². The second-order valence-corrected chi connectivity index (χ2v) is 5.97. The molecule has 19 heavy (non-hydrogen) atoms. The molecule has 1 aromatic heterocycles. The molecule has 100 valence electrons. The maximum absolute atomic E-state index is 3.53. The highest BCUT2D eigenvalue weighted by atomic mass is 32.1. The predicted molar refractivity (Wildman–Crippen MR) is 83.1 cm³/mol. The van der Waals surface area contributed by atoms with Gasteiger partial charge in [0.15, 0.2) is 0 Å². The molecular weight excluding hydrogens is 252 g/mol. The summed E-state index contributed by atoms with van der Waals surface area (Å²) in [4.78, 5) is 2.34. The summed E-state index contributed by atoms with van der Waals surface area (Å²) < 4.78 is 0. The first-order chi connectivity index (χ1) is 9.33. The molecule has 0 saturated carbocycles. The van der Waals surface area contributed by atoms with Gasteiger partial charge >= 0.3 is 0 Å². The molecule has 0 atom stereocenters. The lowest BCUT2D eigenvalue weighted by atomic mass is 10.1. The van der Waals surface area contributed by atoms with Crippen LogP contribution in [0.3, 0.4) is 0 Å². The first-order valence-electron chi connectivity index (χ1n) is 6.87. The molecule has 3 heteroatoms. The number of benzene rings is 1. The fraction of sp³-hybridized carbons (Fsp3) is 0.375. The molecular formula is C16H20N2S. The molecule has 3 rings (SSSR count). The minimum Gasteiger partial charge on any atom is -0.374 e. The second kappa shape index (κ2) is 5.76. The SMILES string of the molecule is CN1CCc2cc(CNCCc3ccsc3)ccc21. The topological polar surface area (TPSA) is 15.3 Å². The molecule has 0 aliphatic carbocycles. The highest BCUT2D eigenvalue weighted by Gasteiger charge is 2.15. The van der Waals surface area contributed by atoms with Gasteiger partial charge in [0, 0.05) is 25.8 Å². The van der Waals surface area contributed by atoms with E-state index in [4.69, 9.17) is 0 Å². The Bertz CT molecular complexity index is 534. The molecule has 0 radical (unpaired) electrons. The maximum Gasteiger partial charge on any atom is 0.0397 e. The zero-order valence-electron chi connectivity index (χ0n) is 11.4. The molecule has 0 bridgehead atoms. The fourth-order valence-corrected chi connectivity index (χ4v) is 3.33. The number of rotatable bonds is 5. The van der Waals surface area contributed by atoms with Crippen LogP contribution in [0, 0.1) is 0 Å². The quantitative estimate of drug-likeness (QED) is 0.842. The van der Waals surface area contributed by atoms with Crippen LogP contribution in [0.2, 0.25) is 0 Å². The van der Waals surface area contributed by atoms with Crippen LogP contribution >= 0.6 is 11.3 Å². The van der Waals surface area contributed by atoms with Crippen molar-refractivity contribution in [3.8, 4) is 0 Å². The molecule has 2 aromatic rings. The monoisotopic (exact) mass is 272 g/mol. The Labute approximate surface area is 119 Å². The van der Waals surface area contributed by atoms with Crippen molar-refractivity contribution < 1.29 is 0 Å². The zero-order valence-corrected chi connectivity index (χ0v) is 12.2. The molecule has 1 N–H and O–H groups in total. The smallest absolute Gasteiger partial charge is 0.0397 e. The number of hydrogen-bond acceptors (Lipinski definition) is 3. The van der Waals surface area contributed by atoms with E-state index in [2.05, 4.69) is 52.3 Å². The summed E-state index contributed by atoms with van der Waals surface area (Å²) in [5, 5.41) is 7.91. The van der Waals surface area contributed by atoms with Gasteiger partial charge in [-0.05, 0) is 59.0 Å². The van der Waals surface area contributed by atoms with Crippen molar-refractivity contribution in [2.75, 3.05) is 25.0 Å². The molecule has 2 heterocycles. The first kappa shape index (κ1) is 12.7. The van der Waals surface area contributed by atoms with Gasteiger partial charge in [-0.1, -0.05) is 12.1 Å². The minimum absolute atomic E-state index is 0.973. The summed E-state index contributed by atoms with van der Waals surface area (Å²) in [6.45, 7) is 3.18. The number of thiophene rings is 1. The molecule has 0 unspecified atom stereocenters. The summed E-state index contributed by atoms with van der Waals surface area (Å²) >= 11 is 1.78. The average molecular weight is 272 g/mol. The Morgan fingerprint density at radius 1 is 1.26 bits per heavy atom. The zero-order chi connectivity index (χ0) is 13.1. The van der Waals surface area contributed by atoms with Crippen LogP contribution in [0.5, 0.6) is 0 Å². The Hall–Kier alpha value is -1.32. The van der Waals surface area contributed by atoms with E-state index in [1.807, 2.05) is 0 Å². The van der Waals surface area contributed by atoms with Gasteiger partial charge in [0.2, 0.25) is 0 Å². The fourth-order valence-electron chi connectivity index (χ4n) is 2.63. The van der Waals surface area contributed by atoms with Crippen LogP contribution in [-0.2, 0) is 19.4 Å². The third-order valence-electron chi connectivity index (χ3n) is 3.77. The Balaban J connectivity index is 1.51. The van der Waals surface area contributed by atoms with Crippen molar-refractivity contribution in [3.05, 3.63) is 51.7 Å². The van der Waals surface area contributed by atoms with Gasteiger partial charge in [-0.3, -0.25) is 0 Å². The van der Waals surface area contributed by atoms with Crippen LogP contribution in [0.4, 0.5) is 5.69 Å². The maximum atomic E-state index is 3.53. The summed E-state index contributed by atoms with van der Waals surface area (Å²) in [6.07, 6.45) is 2.31. The van der Waals surface area contributed by atoms with E-state index in [1.165, 1.54) is 28.8 Å². The summed E-state index contributed by atoms with van der Waals surface area (Å²) in [5.41, 5.74) is 5.74. The van der Waals surface area contributed by atoms with E-state index in [9.17, 15) is 0 Å². The molecule has 1 aliphatic rings. The third kappa shape index (κ3) is 2.99. The largest absolute Gasteiger partial charge is 0.374 e. The predicted octanol–water partition coefficient (Wildman–Crippen LogP) is 3.07. The van der Waals surface area contributed by atoms with Crippen LogP contribution in [-0.4, -0.2) is 20.1 Å². The molecule has 0 saturated heterocycles. The van der Waals surface area contributed by atoms with Crippen LogP contribution in [0.1, 0.15) is 16.7 Å². The van der Waals surface area contributed by atoms with Crippen LogP contribution < -0.4 is 10.2 Å². The van der Waals surface area contributed by atoms with Gasteiger partial charge in [0.25, 0.3) is 0 Å². The summed E-state index contributed by atoms with van der Waals surface area (Å²) in [5.74, 6) is 0. The van der Waals surface area contributed by atoms with Crippen molar-refractivity contribution in [2.24, 2.45) is 0 Å². The van der Waals surface area contributed by atoms with E-state index >= 15 is 0 Å². The van der Waals surface area contributed by atoms with Gasteiger partial charge < -0.3 is 10.2 Å². The summed E-state index contributed by atoms with van der Waals surface area (Å²) in [6, 6.07) is 9.07. The van der Waals surface area contributed by atoms with Gasteiger partial charge in [-0.25, -0.2) is 0 Å². The third-order valence-corrected chi connectivity index (χ3v) is 4.50. The Morgan fingerprint density at radius 2 is 2.21 bits per heavy atom. The van der Waals surface area contributed by atoms with Crippen molar-refractivity contribution in [1.29, 1.82) is 0 Å². The van der Waals surface area contributed by atoms with E-state index < -0.39 is 0 Å². The van der Waals surface area contributed by atoms with Crippen molar-refractivity contribution in [2.45, 2.75) is 19.4 Å². The van der Waals surface area contributed by atoms with E-state index in [0.29, 0.717) is 0 Å². The summed E-state index contributed by atoms with van der Waals surface area (Å²) in [7, 11) is 2.17. The number of nitrogens with one attached hydrogen (secondary N) is 1.